The van der Waals surface area contributed by atoms with Crippen LogP contribution in [-0.2, 0) is 21.3 Å². The van der Waals surface area contributed by atoms with Gasteiger partial charge in [-0.2, -0.15) is 5.26 Å². The van der Waals surface area contributed by atoms with Crippen molar-refractivity contribution in [2.75, 3.05) is 14.2 Å². The van der Waals surface area contributed by atoms with Gasteiger partial charge in [0, 0.05) is 6.54 Å². The molecule has 0 aliphatic carbocycles. The Labute approximate surface area is 145 Å². The lowest BCUT2D eigenvalue weighted by Gasteiger charge is -2.12. The van der Waals surface area contributed by atoms with Gasteiger partial charge in [-0.1, -0.05) is 12.1 Å². The van der Waals surface area contributed by atoms with Gasteiger partial charge < -0.3 is 9.47 Å². The molecule has 2 aromatic carbocycles. The molecule has 1 N–H and O–H groups in total. The van der Waals surface area contributed by atoms with E-state index >= 15 is 0 Å². The zero-order chi connectivity index (χ0) is 18.4. The highest BCUT2D eigenvalue weighted by Crippen LogP contribution is 2.25. The van der Waals surface area contributed by atoms with Crippen molar-refractivity contribution in [2.24, 2.45) is 0 Å². The molecular weight excluding hydrogens is 344 g/mol. The van der Waals surface area contributed by atoms with Crippen LogP contribution >= 0.6 is 0 Å². The maximum Gasteiger partial charge on any atom is 0.337 e. The van der Waals surface area contributed by atoms with Crippen LogP contribution in [0.3, 0.4) is 0 Å². The number of methoxy groups -OCH3 is 2. The van der Waals surface area contributed by atoms with E-state index in [2.05, 4.69) is 9.46 Å². The standard InChI is InChI=1S/C17H16N2O5S/c1-23-15-7-6-14(17(20)24-2)9-16(15)25(21,22)19-11-13-5-3-4-12(8-13)10-18/h3-9,19H,11H2,1-2H3. The van der Waals surface area contributed by atoms with E-state index in [1.807, 2.05) is 6.07 Å². The van der Waals surface area contributed by atoms with Crippen molar-refractivity contribution in [3.05, 3.63) is 59.2 Å². The third-order valence-electron chi connectivity index (χ3n) is 3.40. The van der Waals surface area contributed by atoms with Crippen LogP contribution in [0.15, 0.2) is 47.4 Å². The van der Waals surface area contributed by atoms with Gasteiger partial charge in [0.25, 0.3) is 0 Å². The predicted octanol–water partition coefficient (Wildman–Crippen LogP) is 1.83. The molecule has 0 saturated carbocycles. The maximum atomic E-state index is 12.6. The highest BCUT2D eigenvalue weighted by Gasteiger charge is 2.21. The first-order valence-electron chi connectivity index (χ1n) is 7.16. The van der Waals surface area contributed by atoms with Gasteiger partial charge in [0.05, 0.1) is 31.4 Å². The molecule has 0 heterocycles. The van der Waals surface area contributed by atoms with Crippen molar-refractivity contribution < 1.29 is 22.7 Å². The lowest BCUT2D eigenvalue weighted by atomic mass is 10.1. The van der Waals surface area contributed by atoms with Crippen LogP contribution < -0.4 is 9.46 Å². The molecule has 0 spiro atoms. The number of carbonyl (C=O) groups excluding carboxylic acids is 1. The number of rotatable bonds is 6. The molecule has 2 aromatic rings. The Morgan fingerprint density at radius 2 is 1.96 bits per heavy atom. The lowest BCUT2D eigenvalue weighted by Crippen LogP contribution is -2.24. The molecule has 0 radical (unpaired) electrons. The number of ether oxygens (including phenoxy) is 2. The number of nitriles is 1. The molecule has 0 saturated heterocycles. The van der Waals surface area contributed by atoms with Crippen LogP contribution in [0, 0.1) is 11.3 Å². The SMILES string of the molecule is COC(=O)c1ccc(OC)c(S(=O)(=O)NCc2cccc(C#N)c2)c1. The molecule has 0 aliphatic heterocycles. The monoisotopic (exact) mass is 360 g/mol. The Kier molecular flexibility index (Phi) is 5.75. The van der Waals surface area contributed by atoms with Crippen molar-refractivity contribution in [1.29, 1.82) is 5.26 Å². The first-order valence-corrected chi connectivity index (χ1v) is 8.64. The minimum atomic E-state index is -3.95. The van der Waals surface area contributed by atoms with Gasteiger partial charge in [0.1, 0.15) is 10.6 Å². The topological polar surface area (TPSA) is 105 Å². The first kappa shape index (κ1) is 18.4. The van der Waals surface area contributed by atoms with Crippen LogP contribution in [0.1, 0.15) is 21.5 Å². The van der Waals surface area contributed by atoms with Crippen LogP contribution in [0.4, 0.5) is 0 Å². The summed E-state index contributed by atoms with van der Waals surface area (Å²) in [5, 5.41) is 8.89. The van der Waals surface area contributed by atoms with Gasteiger partial charge in [0.2, 0.25) is 10.0 Å². The number of hydrogen-bond donors (Lipinski definition) is 1. The summed E-state index contributed by atoms with van der Waals surface area (Å²) in [4.78, 5) is 11.5. The molecule has 0 aliphatic rings. The summed E-state index contributed by atoms with van der Waals surface area (Å²) in [5.41, 5.74) is 1.16. The fraction of sp³-hybridized carbons (Fsp3) is 0.176. The fourth-order valence-corrected chi connectivity index (χ4v) is 3.35. The Hall–Kier alpha value is -2.89. The summed E-state index contributed by atoms with van der Waals surface area (Å²) in [6.07, 6.45) is 0. The Balaban J connectivity index is 2.31. The molecule has 0 aromatic heterocycles. The highest BCUT2D eigenvalue weighted by atomic mass is 32.2. The number of nitrogens with one attached hydrogen (secondary N) is 1. The number of esters is 1. The fourth-order valence-electron chi connectivity index (χ4n) is 2.14. The van der Waals surface area contributed by atoms with Gasteiger partial charge in [-0.05, 0) is 35.9 Å². The molecule has 0 atom stereocenters. The molecule has 0 bridgehead atoms. The zero-order valence-electron chi connectivity index (χ0n) is 13.6. The van der Waals surface area contributed by atoms with Crippen molar-refractivity contribution in [3.8, 4) is 11.8 Å². The molecule has 7 nitrogen and oxygen atoms in total. The average Bonchev–Trinajstić information content (AvgIpc) is 2.65. The molecule has 0 unspecified atom stereocenters. The van der Waals surface area contributed by atoms with Crippen LogP contribution in [0.5, 0.6) is 5.75 Å². The number of carbonyl (C=O) groups is 1. The summed E-state index contributed by atoms with van der Waals surface area (Å²) in [6, 6.07) is 12.6. The normalized spacial score (nSPS) is 10.8. The summed E-state index contributed by atoms with van der Waals surface area (Å²) in [6.45, 7) is -0.0105. The van der Waals surface area contributed by atoms with E-state index in [0.29, 0.717) is 11.1 Å². The van der Waals surface area contributed by atoms with Crippen LogP contribution in [0.2, 0.25) is 0 Å². The van der Waals surface area contributed by atoms with E-state index in [9.17, 15) is 13.2 Å². The largest absolute Gasteiger partial charge is 0.495 e. The molecular formula is C17H16N2O5S. The summed E-state index contributed by atoms with van der Waals surface area (Å²) in [5.74, 6) is -0.549. The van der Waals surface area contributed by atoms with Gasteiger partial charge in [-0.25, -0.2) is 17.9 Å². The first-order chi connectivity index (χ1) is 11.9. The Morgan fingerprint density at radius 1 is 1.20 bits per heavy atom. The van der Waals surface area contributed by atoms with Crippen molar-refractivity contribution >= 4 is 16.0 Å². The zero-order valence-corrected chi connectivity index (χ0v) is 14.5. The van der Waals surface area contributed by atoms with E-state index in [1.54, 1.807) is 24.3 Å². The van der Waals surface area contributed by atoms with Gasteiger partial charge in [-0.15, -0.1) is 0 Å². The van der Waals surface area contributed by atoms with E-state index in [4.69, 9.17) is 10.00 Å². The maximum absolute atomic E-state index is 12.6. The third-order valence-corrected chi connectivity index (χ3v) is 4.82. The number of benzene rings is 2. The number of nitrogens with zero attached hydrogens (tertiary/aromatic N) is 1. The summed E-state index contributed by atoms with van der Waals surface area (Å²) in [7, 11) is -1.41. The highest BCUT2D eigenvalue weighted by molar-refractivity contribution is 7.89. The Morgan fingerprint density at radius 3 is 2.60 bits per heavy atom. The van der Waals surface area contributed by atoms with Gasteiger partial charge in [0.15, 0.2) is 0 Å². The van der Waals surface area contributed by atoms with Crippen molar-refractivity contribution in [3.63, 3.8) is 0 Å². The second-order valence-electron chi connectivity index (χ2n) is 4.99. The van der Waals surface area contributed by atoms with Gasteiger partial charge >= 0.3 is 5.97 Å². The number of hydrogen-bond acceptors (Lipinski definition) is 6. The van der Waals surface area contributed by atoms with Crippen LogP contribution in [0.25, 0.3) is 0 Å². The third kappa shape index (κ3) is 4.35. The number of sulfonamides is 1. The predicted molar refractivity (Wildman–Crippen MR) is 89.5 cm³/mol. The van der Waals surface area contributed by atoms with Crippen LogP contribution in [-0.4, -0.2) is 28.6 Å². The molecule has 0 fully saturated rings. The summed E-state index contributed by atoms with van der Waals surface area (Å²) >= 11 is 0. The van der Waals surface area contributed by atoms with E-state index in [0.717, 1.165) is 0 Å². The van der Waals surface area contributed by atoms with Crippen molar-refractivity contribution in [1.82, 2.24) is 4.72 Å². The minimum absolute atomic E-state index is 0.0105. The molecule has 130 valence electrons. The summed E-state index contributed by atoms with van der Waals surface area (Å²) < 4.78 is 37.3. The van der Waals surface area contributed by atoms with E-state index in [1.165, 1.54) is 32.4 Å². The molecule has 0 amide bonds. The average molecular weight is 360 g/mol. The quantitative estimate of drug-likeness (QED) is 0.788. The molecule has 25 heavy (non-hydrogen) atoms. The van der Waals surface area contributed by atoms with E-state index < -0.39 is 16.0 Å². The van der Waals surface area contributed by atoms with Gasteiger partial charge in [-0.3, -0.25) is 0 Å². The second kappa shape index (κ2) is 7.79. The second-order valence-corrected chi connectivity index (χ2v) is 6.73. The Bertz CT molecular complexity index is 932. The van der Waals surface area contributed by atoms with E-state index in [-0.39, 0.29) is 22.8 Å². The van der Waals surface area contributed by atoms with Crippen molar-refractivity contribution in [2.45, 2.75) is 11.4 Å². The smallest absolute Gasteiger partial charge is 0.337 e. The molecule has 2 rings (SSSR count). The minimum Gasteiger partial charge on any atom is -0.495 e. The molecule has 8 heteroatoms. The lowest BCUT2D eigenvalue weighted by molar-refractivity contribution is 0.0600.